The molecule has 2 rings (SSSR count). The highest BCUT2D eigenvalue weighted by atomic mass is 19.4. The fourth-order valence-corrected chi connectivity index (χ4v) is 1.35. The summed E-state index contributed by atoms with van der Waals surface area (Å²) in [6.07, 6.45) is -6.62. The third-order valence-electron chi connectivity index (χ3n) is 2.25. The molecular weight excluding hydrogens is 269 g/mol. The molecule has 0 saturated carbocycles. The van der Waals surface area contributed by atoms with E-state index >= 15 is 0 Å². The zero-order chi connectivity index (χ0) is 14.0. The zero-order valence-electron chi connectivity index (χ0n) is 9.27. The number of ether oxygens (including phenoxy) is 3. The average Bonchev–Trinajstić information content (AvgIpc) is 2.74. The molecule has 8 heteroatoms. The lowest BCUT2D eigenvalue weighted by molar-refractivity contribution is -0.137. The molecule has 0 spiro atoms. The van der Waals surface area contributed by atoms with Crippen LogP contribution in [0.4, 0.5) is 18.0 Å². The second kappa shape index (κ2) is 4.79. The van der Waals surface area contributed by atoms with Crippen molar-refractivity contribution in [1.29, 1.82) is 0 Å². The van der Waals surface area contributed by atoms with E-state index in [1.165, 1.54) is 0 Å². The monoisotopic (exact) mass is 276 g/mol. The number of rotatable bonds is 2. The smallest absolute Gasteiger partial charge is 0.426 e. The van der Waals surface area contributed by atoms with Gasteiger partial charge in [0.2, 0.25) is 0 Å². The van der Waals surface area contributed by atoms with Gasteiger partial charge in [0.1, 0.15) is 0 Å². The first-order chi connectivity index (χ1) is 8.86. The molecule has 1 saturated heterocycles. The maximum absolute atomic E-state index is 12.3. The Morgan fingerprint density at radius 3 is 2.37 bits per heavy atom. The van der Waals surface area contributed by atoms with E-state index in [-0.39, 0.29) is 12.2 Å². The van der Waals surface area contributed by atoms with Crippen molar-refractivity contribution in [2.45, 2.75) is 12.5 Å². The number of carbonyl (C=O) groups is 2. The fourth-order valence-electron chi connectivity index (χ4n) is 1.35. The first-order valence-electron chi connectivity index (χ1n) is 5.08. The topological polar surface area (TPSA) is 61.8 Å². The molecule has 0 amide bonds. The summed E-state index contributed by atoms with van der Waals surface area (Å²) in [5.41, 5.74) is -0.962. The van der Waals surface area contributed by atoms with Gasteiger partial charge < -0.3 is 14.2 Å². The van der Waals surface area contributed by atoms with Crippen LogP contribution in [0.5, 0.6) is 0 Å². The highest BCUT2D eigenvalue weighted by molar-refractivity contribution is 5.89. The number of esters is 1. The molecule has 0 N–H and O–H groups in total. The van der Waals surface area contributed by atoms with Gasteiger partial charge in [0, 0.05) is 0 Å². The van der Waals surface area contributed by atoms with Crippen LogP contribution in [0, 0.1) is 0 Å². The summed E-state index contributed by atoms with van der Waals surface area (Å²) in [6, 6.07) is 3.47. The van der Waals surface area contributed by atoms with Gasteiger partial charge in [-0.1, -0.05) is 0 Å². The normalized spacial score (nSPS) is 18.7. The van der Waals surface area contributed by atoms with E-state index in [0.29, 0.717) is 0 Å². The molecule has 1 heterocycles. The van der Waals surface area contributed by atoms with Crippen LogP contribution in [-0.4, -0.2) is 25.0 Å². The third-order valence-corrected chi connectivity index (χ3v) is 2.25. The van der Waals surface area contributed by atoms with E-state index in [1.807, 2.05) is 0 Å². The summed E-state index contributed by atoms with van der Waals surface area (Å²) < 4.78 is 50.4. The van der Waals surface area contributed by atoms with Crippen molar-refractivity contribution in [2.24, 2.45) is 0 Å². The van der Waals surface area contributed by atoms with E-state index in [1.54, 1.807) is 0 Å². The highest BCUT2D eigenvalue weighted by Crippen LogP contribution is 2.29. The second-order valence-electron chi connectivity index (χ2n) is 3.59. The highest BCUT2D eigenvalue weighted by Gasteiger charge is 2.31. The van der Waals surface area contributed by atoms with E-state index in [2.05, 4.69) is 9.47 Å². The number of halogens is 3. The van der Waals surface area contributed by atoms with Crippen LogP contribution in [0.2, 0.25) is 0 Å². The van der Waals surface area contributed by atoms with E-state index in [9.17, 15) is 22.8 Å². The van der Waals surface area contributed by atoms with Crippen molar-refractivity contribution in [1.82, 2.24) is 0 Å². The van der Waals surface area contributed by atoms with Crippen molar-refractivity contribution in [3.05, 3.63) is 35.4 Å². The molecule has 19 heavy (non-hydrogen) atoms. The molecule has 0 aliphatic carbocycles. The van der Waals surface area contributed by atoms with Gasteiger partial charge in [0.15, 0.2) is 6.61 Å². The molecule has 1 fully saturated rings. The van der Waals surface area contributed by atoms with Crippen LogP contribution in [0.1, 0.15) is 15.9 Å². The minimum atomic E-state index is -4.47. The third kappa shape index (κ3) is 3.15. The molecule has 1 aromatic carbocycles. The van der Waals surface area contributed by atoms with Gasteiger partial charge >= 0.3 is 18.3 Å². The van der Waals surface area contributed by atoms with Gasteiger partial charge in [-0.05, 0) is 24.3 Å². The molecule has 1 unspecified atom stereocenters. The number of carbonyl (C=O) groups excluding carboxylic acids is 2. The molecule has 0 bridgehead atoms. The van der Waals surface area contributed by atoms with Crippen LogP contribution in [0.25, 0.3) is 0 Å². The predicted octanol–water partition coefficient (Wildman–Crippen LogP) is 2.36. The molecular formula is C11H7F3O5. The second-order valence-corrected chi connectivity index (χ2v) is 3.59. The molecule has 1 aliphatic heterocycles. The quantitative estimate of drug-likeness (QED) is 0.776. The van der Waals surface area contributed by atoms with Gasteiger partial charge in [-0.15, -0.1) is 0 Å². The largest absolute Gasteiger partial charge is 0.511 e. The summed E-state index contributed by atoms with van der Waals surface area (Å²) in [6.45, 7) is -0.245. The molecule has 0 radical (unpaired) electrons. The Morgan fingerprint density at radius 1 is 1.26 bits per heavy atom. The number of hydrogen-bond acceptors (Lipinski definition) is 5. The first-order valence-corrected chi connectivity index (χ1v) is 5.08. The fraction of sp³-hybridized carbons (Fsp3) is 0.273. The molecule has 1 aliphatic rings. The summed E-state index contributed by atoms with van der Waals surface area (Å²) in [7, 11) is 0. The van der Waals surface area contributed by atoms with Crippen molar-refractivity contribution >= 4 is 12.1 Å². The van der Waals surface area contributed by atoms with Gasteiger partial charge in [-0.3, -0.25) is 0 Å². The predicted molar refractivity (Wildman–Crippen MR) is 53.1 cm³/mol. The molecule has 5 nitrogen and oxygen atoms in total. The first kappa shape index (κ1) is 13.2. The Hall–Kier alpha value is -2.25. The van der Waals surface area contributed by atoms with Gasteiger partial charge in [0.25, 0.3) is 6.29 Å². The summed E-state index contributed by atoms with van der Waals surface area (Å²) in [4.78, 5) is 22.1. The number of benzene rings is 1. The lowest BCUT2D eigenvalue weighted by Gasteiger charge is -2.09. The minimum Gasteiger partial charge on any atom is -0.426 e. The maximum Gasteiger partial charge on any atom is 0.511 e. The van der Waals surface area contributed by atoms with Gasteiger partial charge in [0.05, 0.1) is 11.1 Å². The van der Waals surface area contributed by atoms with Crippen LogP contribution in [-0.2, 0) is 20.4 Å². The molecule has 102 valence electrons. The lowest BCUT2D eigenvalue weighted by atomic mass is 10.1. The van der Waals surface area contributed by atoms with Crippen LogP contribution in [0.3, 0.4) is 0 Å². The average molecular weight is 276 g/mol. The Morgan fingerprint density at radius 2 is 1.89 bits per heavy atom. The van der Waals surface area contributed by atoms with E-state index < -0.39 is 30.2 Å². The Balaban J connectivity index is 2.02. The summed E-state index contributed by atoms with van der Waals surface area (Å²) >= 11 is 0. The Bertz CT molecular complexity index is 494. The van der Waals surface area contributed by atoms with Crippen LogP contribution < -0.4 is 0 Å². The van der Waals surface area contributed by atoms with Crippen molar-refractivity contribution in [3.8, 4) is 0 Å². The number of alkyl halides is 3. The molecule has 1 aromatic rings. The Kier molecular flexibility index (Phi) is 3.32. The number of cyclic esters (lactones) is 2. The lowest BCUT2D eigenvalue weighted by Crippen LogP contribution is -2.20. The number of hydrogen-bond donors (Lipinski definition) is 0. The van der Waals surface area contributed by atoms with Crippen molar-refractivity contribution in [2.75, 3.05) is 6.61 Å². The van der Waals surface area contributed by atoms with Gasteiger partial charge in [-0.25, -0.2) is 9.59 Å². The van der Waals surface area contributed by atoms with Crippen molar-refractivity contribution < 1.29 is 37.0 Å². The Labute approximate surface area is 104 Å². The van der Waals surface area contributed by atoms with Gasteiger partial charge in [-0.2, -0.15) is 13.2 Å². The van der Waals surface area contributed by atoms with E-state index in [0.717, 1.165) is 24.3 Å². The maximum atomic E-state index is 12.3. The minimum absolute atomic E-state index is 0.0871. The van der Waals surface area contributed by atoms with E-state index in [4.69, 9.17) is 4.74 Å². The van der Waals surface area contributed by atoms with Crippen molar-refractivity contribution in [3.63, 3.8) is 0 Å². The van der Waals surface area contributed by atoms with Crippen LogP contribution >= 0.6 is 0 Å². The molecule has 0 aromatic heterocycles. The van der Waals surface area contributed by atoms with Crippen LogP contribution in [0.15, 0.2) is 24.3 Å². The standard InChI is InChI=1S/C11H7F3O5/c12-11(13,14)7-3-1-6(2-4-7)9(15)18-8-5-17-10(16)19-8/h1-4,8H,5H2. The summed E-state index contributed by atoms with van der Waals surface area (Å²) in [5, 5.41) is 0. The SMILES string of the molecule is O=C1OCC(OC(=O)c2ccc(C(F)(F)F)cc2)O1. The summed E-state index contributed by atoms with van der Waals surface area (Å²) in [5.74, 6) is -0.906. The zero-order valence-corrected chi connectivity index (χ0v) is 9.27. The molecule has 1 atom stereocenters.